The van der Waals surface area contributed by atoms with Crippen molar-refractivity contribution >= 4 is 44.5 Å². The highest BCUT2D eigenvalue weighted by atomic mass is 79.9. The first-order chi connectivity index (χ1) is 18.7. The van der Waals surface area contributed by atoms with Crippen molar-refractivity contribution in [1.29, 1.82) is 0 Å². The molecule has 0 saturated carbocycles. The van der Waals surface area contributed by atoms with Gasteiger partial charge < -0.3 is 5.32 Å². The number of amides is 1. The fourth-order valence-electron chi connectivity index (χ4n) is 4.79. The Morgan fingerprint density at radius 2 is 1.26 bits per heavy atom. The third kappa shape index (κ3) is 4.74. The van der Waals surface area contributed by atoms with Crippen molar-refractivity contribution < 1.29 is 4.79 Å². The second kappa shape index (κ2) is 10.4. The molecule has 4 heteroatoms. The van der Waals surface area contributed by atoms with Gasteiger partial charge in [-0.25, -0.2) is 4.99 Å². The van der Waals surface area contributed by atoms with Crippen LogP contribution in [0.15, 0.2) is 143 Å². The molecule has 0 atom stereocenters. The van der Waals surface area contributed by atoms with Crippen LogP contribution >= 0.6 is 15.9 Å². The lowest BCUT2D eigenvalue weighted by Gasteiger charge is -2.10. The molecular formula is C34H23BrN2O. The van der Waals surface area contributed by atoms with E-state index in [1.165, 1.54) is 22.3 Å². The van der Waals surface area contributed by atoms with Crippen molar-refractivity contribution in [3.05, 3.63) is 160 Å². The number of hydrogen-bond acceptors (Lipinski definition) is 2. The standard InChI is InChI=1S/C34H23BrN2O/c35-24-13-10-14-25(21-24)36-34(38)30-19-8-9-20-32(30)37-33(23-11-2-1-3-12-23)22-31-28-17-6-4-15-26(28)27-16-5-7-18-29(27)31/h1-22H,(H,36,38). The highest BCUT2D eigenvalue weighted by molar-refractivity contribution is 9.10. The van der Waals surface area contributed by atoms with Gasteiger partial charge in [-0.2, -0.15) is 0 Å². The molecule has 0 bridgehead atoms. The topological polar surface area (TPSA) is 41.5 Å². The van der Waals surface area contributed by atoms with Crippen LogP contribution in [0.3, 0.4) is 0 Å². The van der Waals surface area contributed by atoms with Gasteiger partial charge in [0.25, 0.3) is 5.91 Å². The second-order valence-corrected chi connectivity index (χ2v) is 9.91. The first-order valence-electron chi connectivity index (χ1n) is 12.4. The summed E-state index contributed by atoms with van der Waals surface area (Å²) in [7, 11) is 0. The number of rotatable bonds is 5. The number of para-hydroxylation sites is 1. The van der Waals surface area contributed by atoms with Crippen LogP contribution in [0.4, 0.5) is 11.4 Å². The summed E-state index contributed by atoms with van der Waals surface area (Å²) in [5.41, 5.74) is 9.51. The molecule has 0 aromatic heterocycles. The SMILES string of the molecule is O=C(Nc1cccc(Br)c1)c1ccccc1N=C(C=C1c2ccccc2-c2ccccc21)c1ccccc1. The Bertz CT molecular complexity index is 1670. The summed E-state index contributed by atoms with van der Waals surface area (Å²) in [6, 6.07) is 42.0. The maximum atomic E-state index is 13.3. The van der Waals surface area contributed by atoms with Crippen molar-refractivity contribution in [1.82, 2.24) is 0 Å². The van der Waals surface area contributed by atoms with Gasteiger partial charge in [0, 0.05) is 15.7 Å². The first-order valence-corrected chi connectivity index (χ1v) is 13.2. The molecule has 0 radical (unpaired) electrons. The summed E-state index contributed by atoms with van der Waals surface area (Å²) in [5.74, 6) is -0.209. The molecule has 6 rings (SSSR count). The zero-order chi connectivity index (χ0) is 25.9. The van der Waals surface area contributed by atoms with Crippen LogP contribution < -0.4 is 5.32 Å². The van der Waals surface area contributed by atoms with Crippen LogP contribution in [-0.2, 0) is 0 Å². The van der Waals surface area contributed by atoms with E-state index in [-0.39, 0.29) is 5.91 Å². The van der Waals surface area contributed by atoms with Gasteiger partial charge in [0.05, 0.1) is 17.0 Å². The molecule has 5 aromatic rings. The van der Waals surface area contributed by atoms with Crippen LogP contribution in [0.1, 0.15) is 27.0 Å². The lowest BCUT2D eigenvalue weighted by atomic mass is 9.99. The lowest BCUT2D eigenvalue weighted by molar-refractivity contribution is 0.102. The fraction of sp³-hybridized carbons (Fsp3) is 0. The van der Waals surface area contributed by atoms with Crippen molar-refractivity contribution in [2.24, 2.45) is 4.99 Å². The number of fused-ring (bicyclic) bond motifs is 3. The minimum absolute atomic E-state index is 0.209. The first kappa shape index (κ1) is 23.8. The number of benzene rings is 5. The van der Waals surface area contributed by atoms with Gasteiger partial charge >= 0.3 is 0 Å². The molecule has 0 fully saturated rings. The Kier molecular flexibility index (Phi) is 6.55. The Morgan fingerprint density at radius 3 is 1.95 bits per heavy atom. The summed E-state index contributed by atoms with van der Waals surface area (Å²) in [4.78, 5) is 18.4. The highest BCUT2D eigenvalue weighted by Crippen LogP contribution is 2.44. The van der Waals surface area contributed by atoms with E-state index < -0.39 is 0 Å². The molecule has 1 aliphatic rings. The van der Waals surface area contributed by atoms with Crippen molar-refractivity contribution in [2.45, 2.75) is 0 Å². The zero-order valence-corrected chi connectivity index (χ0v) is 22.0. The minimum Gasteiger partial charge on any atom is -0.322 e. The molecule has 0 unspecified atom stereocenters. The maximum Gasteiger partial charge on any atom is 0.257 e. The number of nitrogens with zero attached hydrogens (tertiary/aromatic N) is 1. The molecule has 1 N–H and O–H groups in total. The van der Waals surface area contributed by atoms with Gasteiger partial charge in [0.15, 0.2) is 0 Å². The van der Waals surface area contributed by atoms with Crippen LogP contribution in [0, 0.1) is 0 Å². The molecule has 1 aliphatic carbocycles. The highest BCUT2D eigenvalue weighted by Gasteiger charge is 2.23. The molecule has 38 heavy (non-hydrogen) atoms. The van der Waals surface area contributed by atoms with Crippen molar-refractivity contribution in [3.8, 4) is 11.1 Å². The number of aliphatic imine (C=N–C) groups is 1. The molecule has 0 aliphatic heterocycles. The normalized spacial score (nSPS) is 12.0. The smallest absolute Gasteiger partial charge is 0.257 e. The van der Waals surface area contributed by atoms with E-state index >= 15 is 0 Å². The third-order valence-electron chi connectivity index (χ3n) is 6.55. The largest absolute Gasteiger partial charge is 0.322 e. The molecular weight excluding hydrogens is 532 g/mol. The zero-order valence-electron chi connectivity index (χ0n) is 20.4. The predicted molar refractivity (Wildman–Crippen MR) is 160 cm³/mol. The monoisotopic (exact) mass is 554 g/mol. The minimum atomic E-state index is -0.209. The lowest BCUT2D eigenvalue weighted by Crippen LogP contribution is -2.12. The summed E-state index contributed by atoms with van der Waals surface area (Å²) >= 11 is 3.47. The number of anilines is 1. The van der Waals surface area contributed by atoms with Crippen LogP contribution in [0.25, 0.3) is 16.7 Å². The Balaban J connectivity index is 1.48. The van der Waals surface area contributed by atoms with Gasteiger partial charge in [-0.15, -0.1) is 0 Å². The van der Waals surface area contributed by atoms with E-state index in [1.54, 1.807) is 0 Å². The number of allylic oxidation sites excluding steroid dienone is 1. The molecule has 3 nitrogen and oxygen atoms in total. The Labute approximate surface area is 230 Å². The van der Waals surface area contributed by atoms with Crippen LogP contribution in [0.2, 0.25) is 0 Å². The van der Waals surface area contributed by atoms with Crippen LogP contribution in [0.5, 0.6) is 0 Å². The van der Waals surface area contributed by atoms with E-state index in [0.717, 1.165) is 21.3 Å². The quantitative estimate of drug-likeness (QED) is 0.212. The summed E-state index contributed by atoms with van der Waals surface area (Å²) in [5, 5.41) is 3.00. The third-order valence-corrected chi connectivity index (χ3v) is 7.04. The van der Waals surface area contributed by atoms with E-state index in [9.17, 15) is 4.79 Å². The van der Waals surface area contributed by atoms with E-state index in [0.29, 0.717) is 16.9 Å². The van der Waals surface area contributed by atoms with E-state index in [2.05, 4.69) is 75.9 Å². The summed E-state index contributed by atoms with van der Waals surface area (Å²) in [6.07, 6.45) is 2.14. The fourth-order valence-corrected chi connectivity index (χ4v) is 5.19. The molecule has 1 amide bonds. The van der Waals surface area contributed by atoms with E-state index in [1.807, 2.05) is 78.9 Å². The molecule has 0 saturated heterocycles. The molecule has 5 aromatic carbocycles. The summed E-state index contributed by atoms with van der Waals surface area (Å²) in [6.45, 7) is 0. The average molecular weight is 555 g/mol. The Morgan fingerprint density at radius 1 is 0.658 bits per heavy atom. The predicted octanol–water partition coefficient (Wildman–Crippen LogP) is 8.93. The van der Waals surface area contributed by atoms with Gasteiger partial charge in [-0.3, -0.25) is 4.79 Å². The number of carbonyl (C=O) groups excluding carboxylic acids is 1. The van der Waals surface area contributed by atoms with Crippen molar-refractivity contribution in [3.63, 3.8) is 0 Å². The van der Waals surface area contributed by atoms with Gasteiger partial charge in [0.2, 0.25) is 0 Å². The Hall–Kier alpha value is -4.54. The molecule has 182 valence electrons. The van der Waals surface area contributed by atoms with Crippen molar-refractivity contribution in [2.75, 3.05) is 5.32 Å². The summed E-state index contributed by atoms with van der Waals surface area (Å²) < 4.78 is 0.900. The average Bonchev–Trinajstić information content (AvgIpc) is 3.27. The maximum absolute atomic E-state index is 13.3. The number of carbonyl (C=O) groups is 1. The number of hydrogen-bond donors (Lipinski definition) is 1. The van der Waals surface area contributed by atoms with Crippen LogP contribution in [-0.4, -0.2) is 11.6 Å². The van der Waals surface area contributed by atoms with Gasteiger partial charge in [-0.1, -0.05) is 113 Å². The number of nitrogens with one attached hydrogen (secondary N) is 1. The molecule has 0 heterocycles. The molecule has 0 spiro atoms. The number of halogens is 1. The van der Waals surface area contributed by atoms with Gasteiger partial charge in [-0.05, 0) is 64.2 Å². The second-order valence-electron chi connectivity index (χ2n) is 8.99. The van der Waals surface area contributed by atoms with E-state index in [4.69, 9.17) is 4.99 Å². The van der Waals surface area contributed by atoms with Gasteiger partial charge in [0.1, 0.15) is 0 Å².